The molecule has 188 valence electrons. The van der Waals surface area contributed by atoms with Crippen molar-refractivity contribution in [2.24, 2.45) is 0 Å². The molecule has 1 aliphatic rings. The first-order chi connectivity index (χ1) is 17.3. The van der Waals surface area contributed by atoms with Crippen molar-refractivity contribution in [2.45, 2.75) is 25.3 Å². The maximum absolute atomic E-state index is 13.5. The third kappa shape index (κ3) is 5.45. The summed E-state index contributed by atoms with van der Waals surface area (Å²) < 4.78 is 10.7. The van der Waals surface area contributed by atoms with Crippen molar-refractivity contribution in [2.75, 3.05) is 27.3 Å². The average molecular weight is 527 g/mol. The van der Waals surface area contributed by atoms with Crippen molar-refractivity contribution in [1.82, 2.24) is 10.2 Å². The molecule has 8 heteroatoms. The fraction of sp³-hybridized carbons (Fsp3) is 0.286. The van der Waals surface area contributed by atoms with Gasteiger partial charge in [0, 0.05) is 35.6 Å². The fourth-order valence-electron chi connectivity index (χ4n) is 4.59. The summed E-state index contributed by atoms with van der Waals surface area (Å²) >= 11 is 12.5. The second-order valence-corrected chi connectivity index (χ2v) is 9.60. The lowest BCUT2D eigenvalue weighted by Crippen LogP contribution is -2.51. The molecule has 0 bridgehead atoms. The summed E-state index contributed by atoms with van der Waals surface area (Å²) in [6.45, 7) is 2.87. The third-order valence-corrected chi connectivity index (χ3v) is 7.33. The van der Waals surface area contributed by atoms with Crippen LogP contribution in [-0.4, -0.2) is 50.1 Å². The number of nitrogens with one attached hydrogen (secondary N) is 1. The van der Waals surface area contributed by atoms with Crippen molar-refractivity contribution in [3.63, 3.8) is 0 Å². The second kappa shape index (κ2) is 11.2. The van der Waals surface area contributed by atoms with E-state index < -0.39 is 0 Å². The highest BCUT2D eigenvalue weighted by Gasteiger charge is 2.34. The summed E-state index contributed by atoms with van der Waals surface area (Å²) in [4.78, 5) is 28.4. The van der Waals surface area contributed by atoms with E-state index in [2.05, 4.69) is 5.32 Å². The van der Waals surface area contributed by atoms with E-state index >= 15 is 0 Å². The number of benzene rings is 3. The number of hydrogen-bond acceptors (Lipinski definition) is 4. The topological polar surface area (TPSA) is 67.9 Å². The van der Waals surface area contributed by atoms with Crippen LogP contribution in [0.1, 0.15) is 44.2 Å². The van der Waals surface area contributed by atoms with Crippen LogP contribution in [-0.2, 0) is 0 Å². The lowest BCUT2D eigenvalue weighted by molar-refractivity contribution is 0.0671. The van der Waals surface area contributed by atoms with E-state index in [1.807, 2.05) is 30.0 Å². The number of hydrogen-bond donors (Lipinski definition) is 1. The molecule has 36 heavy (non-hydrogen) atoms. The molecule has 3 aromatic rings. The van der Waals surface area contributed by atoms with Gasteiger partial charge in [0.15, 0.2) is 11.5 Å². The minimum atomic E-state index is -0.235. The van der Waals surface area contributed by atoms with Gasteiger partial charge in [0.05, 0.1) is 24.8 Å². The molecule has 1 aliphatic heterocycles. The van der Waals surface area contributed by atoms with Crippen molar-refractivity contribution in [1.29, 1.82) is 0 Å². The molecule has 0 aliphatic carbocycles. The molecule has 1 fully saturated rings. The summed E-state index contributed by atoms with van der Waals surface area (Å²) in [5.74, 6) is 0.577. The van der Waals surface area contributed by atoms with E-state index in [1.54, 1.807) is 49.6 Å². The highest BCUT2D eigenvalue weighted by molar-refractivity contribution is 6.33. The zero-order valence-corrected chi connectivity index (χ0v) is 21.9. The first-order valence-corrected chi connectivity index (χ1v) is 12.4. The Labute approximate surface area is 221 Å². The Morgan fingerprint density at radius 2 is 1.69 bits per heavy atom. The number of carbonyl (C=O) groups excluding carboxylic acids is 2. The smallest absolute Gasteiger partial charge is 0.254 e. The van der Waals surface area contributed by atoms with Crippen molar-refractivity contribution in [3.8, 4) is 11.5 Å². The summed E-state index contributed by atoms with van der Waals surface area (Å²) in [5.41, 5.74) is 2.88. The van der Waals surface area contributed by atoms with Gasteiger partial charge in [-0.15, -0.1) is 0 Å². The predicted molar refractivity (Wildman–Crippen MR) is 142 cm³/mol. The van der Waals surface area contributed by atoms with Gasteiger partial charge in [0.1, 0.15) is 0 Å². The molecule has 0 saturated carbocycles. The van der Waals surface area contributed by atoms with Gasteiger partial charge in [-0.3, -0.25) is 9.59 Å². The number of nitrogens with zero attached hydrogens (tertiary/aromatic N) is 1. The monoisotopic (exact) mass is 526 g/mol. The van der Waals surface area contributed by atoms with E-state index in [1.165, 1.54) is 7.11 Å². The van der Waals surface area contributed by atoms with E-state index in [0.717, 1.165) is 11.1 Å². The molecule has 4 rings (SSSR count). The molecule has 6 nitrogen and oxygen atoms in total. The van der Waals surface area contributed by atoms with Crippen LogP contribution in [0.15, 0.2) is 60.7 Å². The Balaban J connectivity index is 1.61. The summed E-state index contributed by atoms with van der Waals surface area (Å²) in [6.07, 6.45) is 0.585. The molecular formula is C28H28Cl2N2O4. The number of aryl methyl sites for hydroxylation is 1. The van der Waals surface area contributed by atoms with Gasteiger partial charge in [0.25, 0.3) is 11.8 Å². The number of amides is 2. The normalized spacial score (nSPS) is 17.4. The quantitative estimate of drug-likeness (QED) is 0.444. The number of likely N-dealkylation sites (tertiary alicyclic amines) is 1. The van der Waals surface area contributed by atoms with E-state index in [9.17, 15) is 9.59 Å². The molecule has 0 radical (unpaired) electrons. The Kier molecular flexibility index (Phi) is 8.07. The van der Waals surface area contributed by atoms with Gasteiger partial charge >= 0.3 is 0 Å². The molecule has 1 N–H and O–H groups in total. The molecule has 2 amide bonds. The van der Waals surface area contributed by atoms with Crippen LogP contribution in [0.5, 0.6) is 11.5 Å². The molecule has 0 aromatic heterocycles. The van der Waals surface area contributed by atoms with Gasteiger partial charge in [-0.25, -0.2) is 0 Å². The van der Waals surface area contributed by atoms with Gasteiger partial charge in [-0.05, 0) is 60.9 Å². The molecule has 3 aromatic carbocycles. The predicted octanol–water partition coefficient (Wildman–Crippen LogP) is 5.75. The van der Waals surface area contributed by atoms with E-state index in [0.29, 0.717) is 52.2 Å². The Hall–Kier alpha value is -3.22. The largest absolute Gasteiger partial charge is 0.493 e. The number of ether oxygens (including phenoxy) is 2. The van der Waals surface area contributed by atoms with Crippen LogP contribution in [0.3, 0.4) is 0 Å². The number of halogens is 2. The van der Waals surface area contributed by atoms with Crippen molar-refractivity contribution >= 4 is 35.0 Å². The van der Waals surface area contributed by atoms with Gasteiger partial charge in [0.2, 0.25) is 0 Å². The fourth-order valence-corrected chi connectivity index (χ4v) is 4.93. The molecule has 0 spiro atoms. The van der Waals surface area contributed by atoms with Crippen molar-refractivity contribution < 1.29 is 19.1 Å². The Morgan fingerprint density at radius 1 is 0.944 bits per heavy atom. The molecule has 2 unspecified atom stereocenters. The number of carbonyl (C=O) groups is 2. The number of methoxy groups -OCH3 is 2. The zero-order chi connectivity index (χ0) is 25.8. The van der Waals surface area contributed by atoms with Crippen LogP contribution in [0.4, 0.5) is 0 Å². The molecular weight excluding hydrogens is 499 g/mol. The SMILES string of the molecule is COc1ccc(C(=O)N2CCC(NC(=O)c3ccccc3Cl)C(c3ccc(Cl)c(C)c3)C2)cc1OC. The van der Waals surface area contributed by atoms with Crippen LogP contribution in [0, 0.1) is 6.92 Å². The van der Waals surface area contributed by atoms with Crippen LogP contribution >= 0.6 is 23.2 Å². The Bertz CT molecular complexity index is 1280. The first kappa shape index (κ1) is 25.9. The lowest BCUT2D eigenvalue weighted by atomic mass is 9.84. The van der Waals surface area contributed by atoms with Gasteiger partial charge in [-0.2, -0.15) is 0 Å². The molecule has 2 atom stereocenters. The molecule has 1 saturated heterocycles. The van der Waals surface area contributed by atoms with E-state index in [-0.39, 0.29) is 23.8 Å². The van der Waals surface area contributed by atoms with Crippen LogP contribution < -0.4 is 14.8 Å². The summed E-state index contributed by atoms with van der Waals surface area (Å²) in [5, 5.41) is 4.23. The first-order valence-electron chi connectivity index (χ1n) is 11.6. The average Bonchev–Trinajstić information content (AvgIpc) is 2.89. The van der Waals surface area contributed by atoms with Gasteiger partial charge in [-0.1, -0.05) is 47.5 Å². The van der Waals surface area contributed by atoms with Crippen LogP contribution in [0.25, 0.3) is 0 Å². The van der Waals surface area contributed by atoms with Gasteiger partial charge < -0.3 is 19.7 Å². The lowest BCUT2D eigenvalue weighted by Gasteiger charge is -2.39. The number of piperidine rings is 1. The summed E-state index contributed by atoms with van der Waals surface area (Å²) in [7, 11) is 3.10. The summed E-state index contributed by atoms with van der Waals surface area (Å²) in [6, 6.07) is 17.8. The molecule has 1 heterocycles. The maximum Gasteiger partial charge on any atom is 0.254 e. The van der Waals surface area contributed by atoms with E-state index in [4.69, 9.17) is 32.7 Å². The zero-order valence-electron chi connectivity index (χ0n) is 20.4. The second-order valence-electron chi connectivity index (χ2n) is 8.78. The third-order valence-electron chi connectivity index (χ3n) is 6.58. The highest BCUT2D eigenvalue weighted by Crippen LogP contribution is 2.33. The highest BCUT2D eigenvalue weighted by atomic mass is 35.5. The Morgan fingerprint density at radius 3 is 2.39 bits per heavy atom. The standard InChI is InChI=1S/C28H28Cl2N2O4/c1-17-14-18(8-10-22(17)29)21-16-32(28(34)19-9-11-25(35-2)26(15-19)36-3)13-12-24(21)31-27(33)20-6-4-5-7-23(20)30/h4-11,14-15,21,24H,12-13,16H2,1-3H3,(H,31,33). The minimum Gasteiger partial charge on any atom is -0.493 e. The minimum absolute atomic E-state index is 0.109. The van der Waals surface area contributed by atoms with Crippen LogP contribution in [0.2, 0.25) is 10.0 Å². The maximum atomic E-state index is 13.5. The number of rotatable bonds is 6. The van der Waals surface area contributed by atoms with Crippen molar-refractivity contribution in [3.05, 3.63) is 93.0 Å².